The summed E-state index contributed by atoms with van der Waals surface area (Å²) in [6.07, 6.45) is 3.88. The van der Waals surface area contributed by atoms with Crippen molar-refractivity contribution in [1.82, 2.24) is 19.7 Å². The Morgan fingerprint density at radius 3 is 2.68 bits per heavy atom. The number of aliphatic carboxylic acids is 1. The van der Waals surface area contributed by atoms with Gasteiger partial charge in [0.25, 0.3) is 0 Å². The van der Waals surface area contributed by atoms with E-state index < -0.39 is 11.9 Å². The number of piperidine rings is 1. The smallest absolute Gasteiger partial charge is 0.314 e. The van der Waals surface area contributed by atoms with E-state index in [-0.39, 0.29) is 0 Å². The van der Waals surface area contributed by atoms with Crippen LogP contribution in [-0.4, -0.2) is 50.9 Å². The molecule has 0 bridgehead atoms. The normalized spacial score (nSPS) is 28.1. The van der Waals surface area contributed by atoms with Gasteiger partial charge in [-0.25, -0.2) is 0 Å². The topological polar surface area (TPSA) is 71.2 Å². The molecular formula is C13H20N4O2. The lowest BCUT2D eigenvalue weighted by molar-refractivity contribution is -0.139. The number of carboxylic acids is 1. The van der Waals surface area contributed by atoms with Crippen molar-refractivity contribution in [2.45, 2.75) is 44.1 Å². The number of likely N-dealkylation sites (tertiary alicyclic amines) is 1. The van der Waals surface area contributed by atoms with Crippen molar-refractivity contribution in [2.24, 2.45) is 0 Å². The summed E-state index contributed by atoms with van der Waals surface area (Å²) in [5, 5.41) is 17.7. The maximum Gasteiger partial charge on any atom is 0.314 e. The highest BCUT2D eigenvalue weighted by molar-refractivity contribution is 5.75. The van der Waals surface area contributed by atoms with Gasteiger partial charge in [-0.3, -0.25) is 4.79 Å². The van der Waals surface area contributed by atoms with E-state index in [1.807, 2.05) is 0 Å². The Balaban J connectivity index is 1.90. The molecule has 104 valence electrons. The zero-order chi connectivity index (χ0) is 13.4. The lowest BCUT2D eigenvalue weighted by Crippen LogP contribution is -2.33. The summed E-state index contributed by atoms with van der Waals surface area (Å²) in [5.74, 6) is 0.791. The lowest BCUT2D eigenvalue weighted by Gasteiger charge is -2.30. The Bertz CT molecular complexity index is 485. The van der Waals surface area contributed by atoms with Crippen LogP contribution in [0.4, 0.5) is 0 Å². The van der Waals surface area contributed by atoms with E-state index in [4.69, 9.17) is 0 Å². The molecule has 3 heterocycles. The third-order valence-corrected chi connectivity index (χ3v) is 4.28. The molecular weight excluding hydrogens is 244 g/mol. The number of carbonyl (C=O) groups is 1. The van der Waals surface area contributed by atoms with Crippen LogP contribution in [0.5, 0.6) is 0 Å². The van der Waals surface area contributed by atoms with Crippen molar-refractivity contribution >= 4 is 5.97 Å². The number of hydrogen-bond donors (Lipinski definition) is 1. The van der Waals surface area contributed by atoms with E-state index in [9.17, 15) is 9.90 Å². The number of aromatic nitrogens is 3. The summed E-state index contributed by atoms with van der Waals surface area (Å²) in [6, 6.07) is 0. The van der Waals surface area contributed by atoms with Gasteiger partial charge in [-0.15, -0.1) is 10.2 Å². The van der Waals surface area contributed by atoms with Gasteiger partial charge in [0.15, 0.2) is 0 Å². The van der Waals surface area contributed by atoms with Crippen LogP contribution in [0.1, 0.15) is 49.2 Å². The first kappa shape index (κ1) is 12.6. The Morgan fingerprint density at radius 1 is 1.21 bits per heavy atom. The fourth-order valence-corrected chi connectivity index (χ4v) is 3.31. The summed E-state index contributed by atoms with van der Waals surface area (Å²) < 4.78 is 2.06. The minimum atomic E-state index is -0.777. The van der Waals surface area contributed by atoms with Crippen molar-refractivity contribution in [2.75, 3.05) is 20.1 Å². The van der Waals surface area contributed by atoms with Crippen LogP contribution in [0.15, 0.2) is 0 Å². The standard InChI is InChI=1S/C13H20N4O2/c1-16-6-2-4-9(8-16)11-14-15-12-10(13(18)19)5-3-7-17(11)12/h9-10H,2-8H2,1H3,(H,18,19). The van der Waals surface area contributed by atoms with Crippen LogP contribution in [0, 0.1) is 0 Å². The Morgan fingerprint density at radius 2 is 1.95 bits per heavy atom. The molecule has 0 amide bonds. The predicted molar refractivity (Wildman–Crippen MR) is 69.1 cm³/mol. The van der Waals surface area contributed by atoms with Crippen LogP contribution in [0.2, 0.25) is 0 Å². The SMILES string of the molecule is CN1CCCC(c2nnc3n2CCCC3C(=O)O)C1. The molecule has 2 unspecified atom stereocenters. The zero-order valence-corrected chi connectivity index (χ0v) is 11.2. The van der Waals surface area contributed by atoms with Crippen molar-refractivity contribution in [3.05, 3.63) is 11.6 Å². The van der Waals surface area contributed by atoms with Gasteiger partial charge in [0.05, 0.1) is 0 Å². The monoisotopic (exact) mass is 264 g/mol. The van der Waals surface area contributed by atoms with Crippen molar-refractivity contribution < 1.29 is 9.90 Å². The number of hydrogen-bond acceptors (Lipinski definition) is 4. The predicted octanol–water partition coefficient (Wildman–Crippen LogP) is 1.05. The van der Waals surface area contributed by atoms with E-state index in [1.54, 1.807) is 0 Å². The second kappa shape index (κ2) is 4.92. The number of rotatable bonds is 2. The average molecular weight is 264 g/mol. The molecule has 1 aromatic heterocycles. The first-order valence-corrected chi connectivity index (χ1v) is 7.01. The summed E-state index contributed by atoms with van der Waals surface area (Å²) in [4.78, 5) is 13.6. The molecule has 3 rings (SSSR count). The van der Waals surface area contributed by atoms with Gasteiger partial charge in [-0.05, 0) is 39.3 Å². The van der Waals surface area contributed by atoms with Crippen LogP contribution in [0.3, 0.4) is 0 Å². The Kier molecular flexibility index (Phi) is 3.26. The summed E-state index contributed by atoms with van der Waals surface area (Å²) in [5.41, 5.74) is 0. The van der Waals surface area contributed by atoms with Crippen molar-refractivity contribution in [3.63, 3.8) is 0 Å². The summed E-state index contributed by atoms with van der Waals surface area (Å²) >= 11 is 0. The van der Waals surface area contributed by atoms with Gasteiger partial charge in [0.1, 0.15) is 17.6 Å². The van der Waals surface area contributed by atoms with Crippen LogP contribution in [-0.2, 0) is 11.3 Å². The van der Waals surface area contributed by atoms with Gasteiger partial charge < -0.3 is 14.6 Å². The molecule has 1 aromatic rings. The second-order valence-corrected chi connectivity index (χ2v) is 5.70. The molecule has 1 saturated heterocycles. The highest BCUT2D eigenvalue weighted by atomic mass is 16.4. The highest BCUT2D eigenvalue weighted by Crippen LogP contribution is 2.31. The Hall–Kier alpha value is -1.43. The maximum atomic E-state index is 11.3. The third-order valence-electron chi connectivity index (χ3n) is 4.28. The zero-order valence-electron chi connectivity index (χ0n) is 11.2. The van der Waals surface area contributed by atoms with Gasteiger partial charge in [-0.2, -0.15) is 0 Å². The van der Waals surface area contributed by atoms with Crippen LogP contribution in [0.25, 0.3) is 0 Å². The first-order chi connectivity index (χ1) is 9.16. The van der Waals surface area contributed by atoms with E-state index in [0.29, 0.717) is 18.2 Å². The minimum Gasteiger partial charge on any atom is -0.481 e. The van der Waals surface area contributed by atoms with E-state index in [1.165, 1.54) is 6.42 Å². The molecule has 2 atom stereocenters. The molecule has 2 aliphatic rings. The number of carboxylic acid groups (broad SMARTS) is 1. The number of likely N-dealkylation sites (N-methyl/N-ethyl adjacent to an activating group) is 1. The second-order valence-electron chi connectivity index (χ2n) is 5.70. The Labute approximate surface area is 112 Å². The molecule has 0 radical (unpaired) electrons. The molecule has 6 nitrogen and oxygen atoms in total. The molecule has 2 aliphatic heterocycles. The molecule has 0 spiro atoms. The largest absolute Gasteiger partial charge is 0.481 e. The number of fused-ring (bicyclic) bond motifs is 1. The lowest BCUT2D eigenvalue weighted by atomic mass is 9.95. The highest BCUT2D eigenvalue weighted by Gasteiger charge is 2.33. The van der Waals surface area contributed by atoms with Crippen molar-refractivity contribution in [1.29, 1.82) is 0 Å². The quantitative estimate of drug-likeness (QED) is 0.864. The number of nitrogens with zero attached hydrogens (tertiary/aromatic N) is 4. The van der Waals surface area contributed by atoms with Crippen molar-refractivity contribution in [3.8, 4) is 0 Å². The van der Waals surface area contributed by atoms with Crippen LogP contribution < -0.4 is 0 Å². The molecule has 1 N–H and O–H groups in total. The summed E-state index contributed by atoms with van der Waals surface area (Å²) in [7, 11) is 2.12. The van der Waals surface area contributed by atoms with Crippen LogP contribution >= 0.6 is 0 Å². The van der Waals surface area contributed by atoms with E-state index in [2.05, 4.69) is 26.7 Å². The fraction of sp³-hybridized carbons (Fsp3) is 0.769. The third kappa shape index (κ3) is 2.25. The molecule has 1 fully saturated rings. The first-order valence-electron chi connectivity index (χ1n) is 7.01. The molecule has 0 aliphatic carbocycles. The van der Waals surface area contributed by atoms with Gasteiger partial charge in [-0.1, -0.05) is 0 Å². The van der Waals surface area contributed by atoms with Gasteiger partial charge in [0, 0.05) is 19.0 Å². The van der Waals surface area contributed by atoms with Gasteiger partial charge >= 0.3 is 5.97 Å². The maximum absolute atomic E-state index is 11.3. The molecule has 6 heteroatoms. The average Bonchev–Trinajstić information content (AvgIpc) is 2.82. The van der Waals surface area contributed by atoms with Gasteiger partial charge in [0.2, 0.25) is 0 Å². The van der Waals surface area contributed by atoms with E-state index in [0.717, 1.165) is 38.3 Å². The molecule has 0 saturated carbocycles. The summed E-state index contributed by atoms with van der Waals surface area (Å²) in [6.45, 7) is 2.99. The van der Waals surface area contributed by atoms with E-state index >= 15 is 0 Å². The minimum absolute atomic E-state index is 0.396. The molecule has 19 heavy (non-hydrogen) atoms. The molecule has 0 aromatic carbocycles. The fourth-order valence-electron chi connectivity index (χ4n) is 3.31.